The number of nitro benzene ring substituents is 1. The summed E-state index contributed by atoms with van der Waals surface area (Å²) in [5, 5.41) is 14.0. The molecule has 0 unspecified atom stereocenters. The first-order valence-electron chi connectivity index (χ1n) is 7.15. The van der Waals surface area contributed by atoms with Crippen molar-refractivity contribution in [1.29, 1.82) is 0 Å². The number of nitro groups is 1. The third kappa shape index (κ3) is 3.33. The number of benzene rings is 2. The smallest absolute Gasteiger partial charge is 0.271 e. The zero-order valence-electron chi connectivity index (χ0n) is 13.0. The fourth-order valence-corrected chi connectivity index (χ4v) is 2.47. The molecule has 126 valence electrons. The highest BCUT2D eigenvalue weighted by molar-refractivity contribution is 6.32. The summed E-state index contributed by atoms with van der Waals surface area (Å²) in [7, 11) is 1.63. The molecule has 0 saturated heterocycles. The van der Waals surface area contributed by atoms with Crippen LogP contribution in [0, 0.1) is 10.1 Å². The highest BCUT2D eigenvalue weighted by atomic mass is 35.5. The van der Waals surface area contributed by atoms with Gasteiger partial charge in [-0.2, -0.15) is 0 Å². The molecule has 0 aliphatic heterocycles. The lowest BCUT2D eigenvalue weighted by molar-refractivity contribution is -0.384. The standard InChI is InChI=1S/C16H12ClN5O3/c1-21(9-23)14-5-3-2-4-12(14)20-16-15(17)18-13-8-10(22(24)25)6-7-11(13)19-16/h2-9H,1H3,(H,19,20). The molecule has 0 aliphatic rings. The Kier molecular flexibility index (Phi) is 4.44. The number of carbonyl (C=O) groups is 1. The number of amides is 1. The van der Waals surface area contributed by atoms with Gasteiger partial charge < -0.3 is 10.2 Å². The summed E-state index contributed by atoms with van der Waals surface area (Å²) in [6.45, 7) is 0. The highest BCUT2D eigenvalue weighted by Crippen LogP contribution is 2.30. The molecule has 0 fully saturated rings. The van der Waals surface area contributed by atoms with E-state index in [4.69, 9.17) is 11.6 Å². The summed E-state index contributed by atoms with van der Waals surface area (Å²) < 4.78 is 0. The SMILES string of the molecule is CN(C=O)c1ccccc1Nc1nc2ccc([N+](=O)[O-])cc2nc1Cl. The second kappa shape index (κ2) is 6.70. The summed E-state index contributed by atoms with van der Waals surface area (Å²) in [4.78, 5) is 31.3. The van der Waals surface area contributed by atoms with Gasteiger partial charge in [-0.3, -0.25) is 14.9 Å². The van der Waals surface area contributed by atoms with Gasteiger partial charge in [0.1, 0.15) is 0 Å². The van der Waals surface area contributed by atoms with Crippen LogP contribution in [0.3, 0.4) is 0 Å². The molecular weight excluding hydrogens is 346 g/mol. The summed E-state index contributed by atoms with van der Waals surface area (Å²) in [6, 6.07) is 11.3. The maximum Gasteiger partial charge on any atom is 0.271 e. The van der Waals surface area contributed by atoms with Crippen LogP contribution in [0.15, 0.2) is 42.5 Å². The van der Waals surface area contributed by atoms with E-state index in [0.29, 0.717) is 28.8 Å². The van der Waals surface area contributed by atoms with Crippen molar-refractivity contribution < 1.29 is 9.72 Å². The third-order valence-corrected chi connectivity index (χ3v) is 3.77. The molecule has 8 nitrogen and oxygen atoms in total. The van der Waals surface area contributed by atoms with Crippen molar-refractivity contribution in [3.63, 3.8) is 0 Å². The van der Waals surface area contributed by atoms with Crippen LogP contribution in [0.5, 0.6) is 0 Å². The first-order valence-corrected chi connectivity index (χ1v) is 7.53. The maximum absolute atomic E-state index is 11.0. The van der Waals surface area contributed by atoms with E-state index in [9.17, 15) is 14.9 Å². The van der Waals surface area contributed by atoms with Gasteiger partial charge in [0.25, 0.3) is 5.69 Å². The van der Waals surface area contributed by atoms with Crippen LogP contribution in [0.1, 0.15) is 0 Å². The number of non-ortho nitro benzene ring substituents is 1. The van der Waals surface area contributed by atoms with E-state index in [-0.39, 0.29) is 16.7 Å². The Bertz CT molecular complexity index is 979. The van der Waals surface area contributed by atoms with E-state index in [1.165, 1.54) is 23.1 Å². The van der Waals surface area contributed by atoms with Gasteiger partial charge >= 0.3 is 0 Å². The normalized spacial score (nSPS) is 10.5. The number of carbonyl (C=O) groups excluding carboxylic acids is 1. The molecule has 1 aromatic heterocycles. The van der Waals surface area contributed by atoms with E-state index in [2.05, 4.69) is 15.3 Å². The van der Waals surface area contributed by atoms with Crippen molar-refractivity contribution in [3.05, 3.63) is 57.7 Å². The van der Waals surface area contributed by atoms with Crippen molar-refractivity contribution in [1.82, 2.24) is 9.97 Å². The number of hydrogen-bond acceptors (Lipinski definition) is 6. The van der Waals surface area contributed by atoms with Gasteiger partial charge in [-0.1, -0.05) is 23.7 Å². The molecule has 0 atom stereocenters. The van der Waals surface area contributed by atoms with Crippen molar-refractivity contribution in [2.75, 3.05) is 17.3 Å². The molecule has 0 radical (unpaired) electrons. The molecule has 0 saturated carbocycles. The number of hydrogen-bond donors (Lipinski definition) is 1. The van der Waals surface area contributed by atoms with Crippen LogP contribution in [0.25, 0.3) is 11.0 Å². The van der Waals surface area contributed by atoms with E-state index in [1.807, 2.05) is 0 Å². The Hall–Kier alpha value is -3.26. The molecule has 3 rings (SSSR count). The second-order valence-corrected chi connectivity index (χ2v) is 5.51. The van der Waals surface area contributed by atoms with E-state index < -0.39 is 4.92 Å². The van der Waals surface area contributed by atoms with Crippen molar-refractivity contribution in [3.8, 4) is 0 Å². The Morgan fingerprint density at radius 2 is 1.96 bits per heavy atom. The lowest BCUT2D eigenvalue weighted by Gasteiger charge is -2.17. The largest absolute Gasteiger partial charge is 0.336 e. The topological polar surface area (TPSA) is 101 Å². The Morgan fingerprint density at radius 3 is 2.68 bits per heavy atom. The first-order chi connectivity index (χ1) is 12.0. The number of fused-ring (bicyclic) bond motifs is 1. The molecular formula is C16H12ClN5O3. The van der Waals surface area contributed by atoms with Crippen molar-refractivity contribution in [2.45, 2.75) is 0 Å². The lowest BCUT2D eigenvalue weighted by atomic mass is 10.2. The summed E-state index contributed by atoms with van der Waals surface area (Å²) in [6.07, 6.45) is 0.688. The molecule has 2 aromatic carbocycles. The zero-order valence-corrected chi connectivity index (χ0v) is 13.8. The molecule has 0 aliphatic carbocycles. The van der Waals surface area contributed by atoms with E-state index >= 15 is 0 Å². The summed E-state index contributed by atoms with van der Waals surface area (Å²) >= 11 is 6.16. The fourth-order valence-electron chi connectivity index (χ4n) is 2.29. The molecule has 1 N–H and O–H groups in total. The minimum absolute atomic E-state index is 0.0663. The van der Waals surface area contributed by atoms with Gasteiger partial charge in [-0.25, -0.2) is 9.97 Å². The first kappa shape index (κ1) is 16.6. The van der Waals surface area contributed by atoms with Gasteiger partial charge in [0.2, 0.25) is 6.41 Å². The van der Waals surface area contributed by atoms with Crippen LogP contribution in [0.2, 0.25) is 5.15 Å². The molecule has 0 bridgehead atoms. The van der Waals surface area contributed by atoms with Crippen LogP contribution >= 0.6 is 11.6 Å². The van der Waals surface area contributed by atoms with Crippen molar-refractivity contribution in [2.24, 2.45) is 0 Å². The molecule has 1 amide bonds. The van der Waals surface area contributed by atoms with E-state index in [0.717, 1.165) is 0 Å². The predicted octanol–water partition coefficient (Wildman–Crippen LogP) is 3.53. The molecule has 3 aromatic rings. The lowest BCUT2D eigenvalue weighted by Crippen LogP contribution is -2.15. The average molecular weight is 358 g/mol. The minimum atomic E-state index is -0.507. The Morgan fingerprint density at radius 1 is 1.20 bits per heavy atom. The average Bonchev–Trinajstić information content (AvgIpc) is 2.61. The van der Waals surface area contributed by atoms with Gasteiger partial charge in [-0.05, 0) is 18.2 Å². The number of halogens is 1. The quantitative estimate of drug-likeness (QED) is 0.426. The number of anilines is 3. The molecule has 25 heavy (non-hydrogen) atoms. The second-order valence-electron chi connectivity index (χ2n) is 5.15. The fraction of sp³-hybridized carbons (Fsp3) is 0.0625. The summed E-state index contributed by atoms with van der Waals surface area (Å²) in [5.41, 5.74) is 1.95. The number of rotatable bonds is 5. The minimum Gasteiger partial charge on any atom is -0.336 e. The highest BCUT2D eigenvalue weighted by Gasteiger charge is 2.13. The third-order valence-electron chi connectivity index (χ3n) is 3.51. The van der Waals surface area contributed by atoms with E-state index in [1.54, 1.807) is 31.3 Å². The maximum atomic E-state index is 11.0. The van der Waals surface area contributed by atoms with Crippen LogP contribution < -0.4 is 10.2 Å². The number of nitrogens with zero attached hydrogens (tertiary/aromatic N) is 4. The molecule has 9 heteroatoms. The monoisotopic (exact) mass is 357 g/mol. The van der Waals surface area contributed by atoms with Gasteiger partial charge in [0.15, 0.2) is 11.0 Å². The number of nitrogens with one attached hydrogen (secondary N) is 1. The number of aromatic nitrogens is 2. The Balaban J connectivity index is 2.03. The Labute approximate surface area is 147 Å². The van der Waals surface area contributed by atoms with Crippen LogP contribution in [0.4, 0.5) is 22.9 Å². The van der Waals surface area contributed by atoms with Crippen LogP contribution in [-0.4, -0.2) is 28.3 Å². The van der Waals surface area contributed by atoms with Crippen molar-refractivity contribution >= 4 is 51.9 Å². The number of para-hydroxylation sites is 2. The van der Waals surface area contributed by atoms with Gasteiger partial charge in [-0.15, -0.1) is 0 Å². The molecule has 0 spiro atoms. The van der Waals surface area contributed by atoms with Gasteiger partial charge in [0.05, 0.1) is 27.3 Å². The zero-order chi connectivity index (χ0) is 18.0. The predicted molar refractivity (Wildman–Crippen MR) is 95.4 cm³/mol. The summed E-state index contributed by atoms with van der Waals surface area (Å²) in [5.74, 6) is 0.287. The van der Waals surface area contributed by atoms with Crippen LogP contribution in [-0.2, 0) is 4.79 Å². The molecule has 1 heterocycles. The van der Waals surface area contributed by atoms with Gasteiger partial charge in [0, 0.05) is 19.2 Å².